The lowest BCUT2D eigenvalue weighted by Crippen LogP contribution is -2.42. The lowest BCUT2D eigenvalue weighted by Gasteiger charge is -2.37. The molecule has 5 nitrogen and oxygen atoms in total. The second-order valence-electron chi connectivity index (χ2n) is 10.2. The van der Waals surface area contributed by atoms with Gasteiger partial charge in [-0.3, -0.25) is 9.59 Å². The molecule has 2 atom stereocenters. The Morgan fingerprint density at radius 2 is 1.76 bits per heavy atom. The largest absolute Gasteiger partial charge is 0.748 e. The Labute approximate surface area is 199 Å². The van der Waals surface area contributed by atoms with Crippen molar-refractivity contribution in [3.05, 3.63) is 48.0 Å². The fourth-order valence-electron chi connectivity index (χ4n) is 5.90. The summed E-state index contributed by atoms with van der Waals surface area (Å²) in [6.07, 6.45) is 4.50. The van der Waals surface area contributed by atoms with Crippen molar-refractivity contribution in [1.82, 2.24) is 0 Å². The van der Waals surface area contributed by atoms with Gasteiger partial charge in [-0.2, -0.15) is 0 Å². The first-order chi connectivity index (χ1) is 15.5. The molecule has 7 heteroatoms. The van der Waals surface area contributed by atoms with Crippen molar-refractivity contribution in [2.45, 2.75) is 46.0 Å². The van der Waals surface area contributed by atoms with Crippen molar-refractivity contribution in [3.8, 4) is 0 Å². The molecule has 33 heavy (non-hydrogen) atoms. The van der Waals surface area contributed by atoms with Gasteiger partial charge in [0.05, 0.1) is 15.9 Å². The molecule has 178 valence electrons. The van der Waals surface area contributed by atoms with E-state index in [-0.39, 0.29) is 17.1 Å². The zero-order chi connectivity index (χ0) is 23.9. The van der Waals surface area contributed by atoms with Crippen LogP contribution in [-0.2, 0) is 25.8 Å². The molecule has 0 N–H and O–H groups in total. The van der Waals surface area contributed by atoms with E-state index in [0.717, 1.165) is 23.1 Å². The number of Topliss-reactive ketones (excluding diaryl/α,β-unsaturated/α-hetero) is 2. The van der Waals surface area contributed by atoms with E-state index in [2.05, 4.69) is 18.2 Å². The number of benzene rings is 2. The Morgan fingerprint density at radius 1 is 1.09 bits per heavy atom. The first-order valence-corrected chi connectivity index (χ1v) is 15.0. The summed E-state index contributed by atoms with van der Waals surface area (Å²) in [7, 11) is -3.97. The number of carbonyl (C=O) groups is 2. The highest BCUT2D eigenvalue weighted by atomic mass is 32.2. The number of fused-ring (bicyclic) bond motifs is 3. The molecule has 2 unspecified atom stereocenters. The lowest BCUT2D eigenvalue weighted by atomic mass is 9.70. The summed E-state index contributed by atoms with van der Waals surface area (Å²) in [4.78, 5) is 24.1. The number of hydrogen-bond acceptors (Lipinski definition) is 5. The minimum Gasteiger partial charge on any atom is -0.748 e. The van der Waals surface area contributed by atoms with Gasteiger partial charge in [-0.25, -0.2) is 8.42 Å². The Balaban J connectivity index is 0.000000160. The summed E-state index contributed by atoms with van der Waals surface area (Å²) in [5.41, 5.74) is -0.340. The molecule has 2 aliphatic carbocycles. The predicted molar refractivity (Wildman–Crippen MR) is 133 cm³/mol. The Bertz CT molecular complexity index is 1160. The van der Waals surface area contributed by atoms with Gasteiger partial charge in [-0.05, 0) is 64.7 Å². The van der Waals surface area contributed by atoms with Gasteiger partial charge in [0.1, 0.15) is 17.3 Å². The second kappa shape index (κ2) is 9.16. The first-order valence-electron chi connectivity index (χ1n) is 11.6. The van der Waals surface area contributed by atoms with Gasteiger partial charge in [0.15, 0.2) is 5.75 Å². The molecular weight excluding hydrogens is 456 g/mol. The van der Waals surface area contributed by atoms with Crippen molar-refractivity contribution < 1.29 is 22.6 Å². The van der Waals surface area contributed by atoms with Crippen LogP contribution in [-0.4, -0.2) is 47.5 Å². The molecule has 5 rings (SSSR count). The molecule has 0 spiro atoms. The standard InChI is InChI=1S/C16H17OS.C10H16O4S/c17-16(12-18-9-3-4-10-18)15-8-7-13-5-1-2-6-14(13)11-15;1-9(2)7-3-4-10(9,8(11)5-7)6-15(12,13)14/h1-2,5-8,11H,3-4,9-10,12H2;7H,3-6H2,1-2H3,(H,12,13,14)/q+1;/p-1. The number of ketones is 2. The molecule has 0 aromatic heterocycles. The zero-order valence-electron chi connectivity index (χ0n) is 19.3. The molecule has 0 radical (unpaired) electrons. The Hall–Kier alpha value is -1.70. The van der Waals surface area contributed by atoms with Crippen molar-refractivity contribution in [1.29, 1.82) is 0 Å². The van der Waals surface area contributed by atoms with Gasteiger partial charge >= 0.3 is 0 Å². The molecule has 3 fully saturated rings. The maximum absolute atomic E-state index is 12.3. The third kappa shape index (κ3) is 4.91. The van der Waals surface area contributed by atoms with E-state index in [1.165, 1.54) is 29.7 Å². The van der Waals surface area contributed by atoms with Crippen molar-refractivity contribution in [3.63, 3.8) is 0 Å². The van der Waals surface area contributed by atoms with Gasteiger partial charge in [-0.1, -0.05) is 50.2 Å². The quantitative estimate of drug-likeness (QED) is 0.354. The summed E-state index contributed by atoms with van der Waals surface area (Å²) in [6.45, 7) is 3.83. The van der Waals surface area contributed by atoms with Crippen LogP contribution in [0.5, 0.6) is 0 Å². The number of carbonyl (C=O) groups excluding carboxylic acids is 2. The minimum absolute atomic E-state index is 0.0248. The molecule has 2 aromatic carbocycles. The van der Waals surface area contributed by atoms with Crippen LogP contribution in [0.3, 0.4) is 0 Å². The summed E-state index contributed by atoms with van der Waals surface area (Å²) in [6, 6.07) is 14.3. The highest BCUT2D eigenvalue weighted by Gasteiger charge is 2.64. The average molecular weight is 489 g/mol. The highest BCUT2D eigenvalue weighted by Crippen LogP contribution is 2.64. The SMILES string of the molecule is CC1(C)C2CCC1(CS(=O)(=O)[O-])C(=O)C2.O=C(C[S+]1CCCC1)c1ccc2ccccc2c1. The van der Waals surface area contributed by atoms with Crippen LogP contribution >= 0.6 is 0 Å². The fraction of sp³-hybridized carbons (Fsp3) is 0.538. The van der Waals surface area contributed by atoms with Crippen LogP contribution in [0.1, 0.15) is 56.3 Å². The predicted octanol–water partition coefficient (Wildman–Crippen LogP) is 4.36. The van der Waals surface area contributed by atoms with E-state index in [1.807, 2.05) is 38.1 Å². The molecule has 1 heterocycles. The van der Waals surface area contributed by atoms with Crippen LogP contribution in [0, 0.1) is 16.7 Å². The van der Waals surface area contributed by atoms with Crippen molar-refractivity contribution in [2.75, 3.05) is 23.0 Å². The van der Waals surface area contributed by atoms with Gasteiger partial charge in [0.25, 0.3) is 0 Å². The summed E-state index contributed by atoms with van der Waals surface area (Å²) >= 11 is 0. The first kappa shape index (κ1) is 24.4. The molecule has 2 saturated carbocycles. The van der Waals surface area contributed by atoms with Crippen LogP contribution in [0.2, 0.25) is 0 Å². The Kier molecular flexibility index (Phi) is 6.78. The van der Waals surface area contributed by atoms with Gasteiger partial charge in [-0.15, -0.1) is 0 Å². The summed E-state index contributed by atoms with van der Waals surface area (Å²) < 4.78 is 32.7. The van der Waals surface area contributed by atoms with Crippen molar-refractivity contribution in [2.24, 2.45) is 16.7 Å². The Morgan fingerprint density at radius 3 is 2.33 bits per heavy atom. The van der Waals surface area contributed by atoms with Gasteiger partial charge in [0.2, 0.25) is 5.78 Å². The third-order valence-electron chi connectivity index (χ3n) is 8.09. The topological polar surface area (TPSA) is 91.3 Å². The van der Waals surface area contributed by atoms with E-state index in [1.54, 1.807) is 0 Å². The van der Waals surface area contributed by atoms with E-state index < -0.39 is 21.3 Å². The highest BCUT2D eigenvalue weighted by molar-refractivity contribution is 7.97. The molecule has 1 aliphatic heterocycles. The minimum atomic E-state index is -4.33. The van der Waals surface area contributed by atoms with Crippen LogP contribution in [0.4, 0.5) is 0 Å². The van der Waals surface area contributed by atoms with Crippen LogP contribution < -0.4 is 0 Å². The van der Waals surface area contributed by atoms with Crippen LogP contribution in [0.15, 0.2) is 42.5 Å². The number of hydrogen-bond donors (Lipinski definition) is 0. The van der Waals surface area contributed by atoms with E-state index in [9.17, 15) is 22.6 Å². The second-order valence-corrected chi connectivity index (χ2v) is 14.0. The lowest BCUT2D eigenvalue weighted by molar-refractivity contribution is -0.128. The maximum Gasteiger partial charge on any atom is 0.211 e. The van der Waals surface area contributed by atoms with E-state index in [4.69, 9.17) is 0 Å². The number of rotatable bonds is 5. The molecule has 1 saturated heterocycles. The van der Waals surface area contributed by atoms with Crippen molar-refractivity contribution >= 4 is 43.4 Å². The molecule has 2 aromatic rings. The summed E-state index contributed by atoms with van der Waals surface area (Å²) in [5, 5.41) is 2.37. The normalized spacial score (nSPS) is 26.4. The molecule has 2 bridgehead atoms. The smallest absolute Gasteiger partial charge is 0.211 e. The molecular formula is C26H32O5S2. The zero-order valence-corrected chi connectivity index (χ0v) is 21.0. The molecule has 0 amide bonds. The fourth-order valence-corrected chi connectivity index (χ4v) is 9.44. The van der Waals surface area contributed by atoms with Crippen LogP contribution in [0.25, 0.3) is 10.8 Å². The maximum atomic E-state index is 12.3. The monoisotopic (exact) mass is 488 g/mol. The van der Waals surface area contributed by atoms with Gasteiger partial charge in [0, 0.05) is 17.4 Å². The summed E-state index contributed by atoms with van der Waals surface area (Å²) in [5.74, 6) is 3.33. The van der Waals surface area contributed by atoms with Gasteiger partial charge < -0.3 is 4.55 Å². The van der Waals surface area contributed by atoms with E-state index in [0.29, 0.717) is 29.5 Å². The molecule has 3 aliphatic rings. The average Bonchev–Trinajstić information content (AvgIpc) is 3.39. The third-order valence-corrected chi connectivity index (χ3v) is 11.3. The van der Waals surface area contributed by atoms with E-state index >= 15 is 0 Å².